The molecular weight excluding hydrogens is 174 g/mol. The Balaban J connectivity index is 2.55. The molecule has 1 heterocycles. The van der Waals surface area contributed by atoms with Gasteiger partial charge in [0.2, 0.25) is 5.88 Å². The number of aromatic nitrogens is 1. The van der Waals surface area contributed by atoms with Crippen LogP contribution in [0, 0.1) is 0 Å². The van der Waals surface area contributed by atoms with Gasteiger partial charge in [-0.25, -0.2) is 4.98 Å². The van der Waals surface area contributed by atoms with Gasteiger partial charge < -0.3 is 4.74 Å². The highest BCUT2D eigenvalue weighted by Gasteiger charge is 2.17. The molecule has 0 radical (unpaired) electrons. The second kappa shape index (κ2) is 2.94. The molecule has 1 aliphatic carbocycles. The lowest BCUT2D eigenvalue weighted by molar-refractivity contribution is 0.393. The van der Waals surface area contributed by atoms with Gasteiger partial charge in [-0.3, -0.25) is 0 Å². The summed E-state index contributed by atoms with van der Waals surface area (Å²) < 4.78 is 5.14. The van der Waals surface area contributed by atoms with E-state index in [0.29, 0.717) is 11.0 Å². The molecule has 0 unspecified atom stereocenters. The first kappa shape index (κ1) is 7.87. The molecule has 0 N–H and O–H groups in total. The van der Waals surface area contributed by atoms with Crippen LogP contribution < -0.4 is 4.74 Å². The van der Waals surface area contributed by atoms with E-state index in [4.69, 9.17) is 16.3 Å². The van der Waals surface area contributed by atoms with Gasteiger partial charge in [-0.1, -0.05) is 11.6 Å². The number of aryl methyl sites for hydroxylation is 1. The first-order valence-corrected chi connectivity index (χ1v) is 4.41. The van der Waals surface area contributed by atoms with Gasteiger partial charge in [0, 0.05) is 5.56 Å². The molecule has 64 valence electrons. The number of pyridine rings is 1. The number of methoxy groups -OCH3 is 1. The Labute approximate surface area is 76.5 Å². The fourth-order valence-electron chi connectivity index (χ4n) is 1.68. The van der Waals surface area contributed by atoms with Crippen molar-refractivity contribution in [1.82, 2.24) is 4.98 Å². The summed E-state index contributed by atoms with van der Waals surface area (Å²) in [4.78, 5) is 4.11. The normalized spacial score (nSPS) is 14.5. The van der Waals surface area contributed by atoms with Crippen LogP contribution in [0.25, 0.3) is 0 Å². The van der Waals surface area contributed by atoms with Crippen LogP contribution in [0.5, 0.6) is 5.88 Å². The Hall–Kier alpha value is -0.760. The van der Waals surface area contributed by atoms with Crippen LogP contribution in [0.2, 0.25) is 5.15 Å². The predicted molar refractivity (Wildman–Crippen MR) is 47.8 cm³/mol. The monoisotopic (exact) mass is 183 g/mol. The minimum Gasteiger partial charge on any atom is -0.481 e. The SMILES string of the molecule is COc1nc(Cl)cc2c1CCC2. The molecule has 1 aromatic rings. The van der Waals surface area contributed by atoms with Crippen molar-refractivity contribution in [1.29, 1.82) is 0 Å². The van der Waals surface area contributed by atoms with Crippen molar-refractivity contribution in [3.05, 3.63) is 22.3 Å². The number of nitrogens with zero attached hydrogens (tertiary/aromatic N) is 1. The zero-order valence-electron chi connectivity index (χ0n) is 6.93. The third kappa shape index (κ3) is 1.16. The van der Waals surface area contributed by atoms with E-state index in [1.54, 1.807) is 7.11 Å². The maximum atomic E-state index is 5.82. The van der Waals surface area contributed by atoms with Gasteiger partial charge >= 0.3 is 0 Å². The fourth-order valence-corrected chi connectivity index (χ4v) is 1.89. The highest BCUT2D eigenvalue weighted by molar-refractivity contribution is 6.29. The van der Waals surface area contributed by atoms with Gasteiger partial charge in [-0.05, 0) is 30.9 Å². The second-order valence-corrected chi connectivity index (χ2v) is 3.33. The van der Waals surface area contributed by atoms with E-state index in [9.17, 15) is 0 Å². The van der Waals surface area contributed by atoms with E-state index in [1.165, 1.54) is 17.5 Å². The average Bonchev–Trinajstić information content (AvgIpc) is 2.50. The molecule has 0 fully saturated rings. The molecule has 0 saturated carbocycles. The topological polar surface area (TPSA) is 22.1 Å². The van der Waals surface area contributed by atoms with Crippen LogP contribution in [0.4, 0.5) is 0 Å². The Morgan fingerprint density at radius 2 is 2.33 bits per heavy atom. The van der Waals surface area contributed by atoms with Gasteiger partial charge in [0.05, 0.1) is 7.11 Å². The molecule has 0 aliphatic heterocycles. The quantitative estimate of drug-likeness (QED) is 0.623. The van der Waals surface area contributed by atoms with Gasteiger partial charge in [0.25, 0.3) is 0 Å². The van der Waals surface area contributed by atoms with E-state index in [2.05, 4.69) is 4.98 Å². The van der Waals surface area contributed by atoms with Crippen molar-refractivity contribution in [3.63, 3.8) is 0 Å². The summed E-state index contributed by atoms with van der Waals surface area (Å²) in [6.07, 6.45) is 3.37. The molecule has 3 heteroatoms. The maximum Gasteiger partial charge on any atom is 0.217 e. The van der Waals surface area contributed by atoms with Crippen molar-refractivity contribution in [3.8, 4) is 5.88 Å². The molecule has 2 nitrogen and oxygen atoms in total. The highest BCUT2D eigenvalue weighted by Crippen LogP contribution is 2.30. The Morgan fingerprint density at radius 3 is 3.08 bits per heavy atom. The molecule has 12 heavy (non-hydrogen) atoms. The Morgan fingerprint density at radius 1 is 1.50 bits per heavy atom. The molecule has 2 rings (SSSR count). The lowest BCUT2D eigenvalue weighted by Gasteiger charge is -2.05. The summed E-state index contributed by atoms with van der Waals surface area (Å²) in [5.74, 6) is 0.704. The van der Waals surface area contributed by atoms with E-state index < -0.39 is 0 Å². The van der Waals surface area contributed by atoms with E-state index in [0.717, 1.165) is 12.8 Å². The first-order chi connectivity index (χ1) is 5.81. The molecule has 0 spiro atoms. The van der Waals surface area contributed by atoms with E-state index >= 15 is 0 Å². The largest absolute Gasteiger partial charge is 0.481 e. The number of rotatable bonds is 1. The summed E-state index contributed by atoms with van der Waals surface area (Å²) in [5.41, 5.74) is 2.54. The van der Waals surface area contributed by atoms with Crippen LogP contribution in [0.15, 0.2) is 6.07 Å². The van der Waals surface area contributed by atoms with Crippen molar-refractivity contribution in [2.45, 2.75) is 19.3 Å². The number of halogens is 1. The molecule has 0 bridgehead atoms. The summed E-state index contributed by atoms with van der Waals surface area (Å²) in [6.45, 7) is 0. The molecular formula is C9H10ClNO. The smallest absolute Gasteiger partial charge is 0.217 e. The number of hydrogen-bond donors (Lipinski definition) is 0. The predicted octanol–water partition coefficient (Wildman–Crippen LogP) is 2.23. The van der Waals surface area contributed by atoms with Gasteiger partial charge in [-0.2, -0.15) is 0 Å². The highest BCUT2D eigenvalue weighted by atomic mass is 35.5. The Kier molecular flexibility index (Phi) is 1.93. The standard InChI is InChI=1S/C9H10ClNO/c1-12-9-7-4-2-3-6(7)5-8(10)11-9/h5H,2-4H2,1H3. The minimum absolute atomic E-state index is 0.535. The number of ether oxygens (including phenoxy) is 1. The lowest BCUT2D eigenvalue weighted by Crippen LogP contribution is -1.94. The summed E-state index contributed by atoms with van der Waals surface area (Å²) >= 11 is 5.82. The second-order valence-electron chi connectivity index (χ2n) is 2.95. The fraction of sp³-hybridized carbons (Fsp3) is 0.444. The minimum atomic E-state index is 0.535. The van der Waals surface area contributed by atoms with Crippen molar-refractivity contribution in [2.24, 2.45) is 0 Å². The van der Waals surface area contributed by atoms with Crippen molar-refractivity contribution < 1.29 is 4.74 Å². The zero-order chi connectivity index (χ0) is 8.55. The van der Waals surface area contributed by atoms with Crippen LogP contribution >= 0.6 is 11.6 Å². The van der Waals surface area contributed by atoms with Gasteiger partial charge in [-0.15, -0.1) is 0 Å². The van der Waals surface area contributed by atoms with Crippen LogP contribution in [-0.4, -0.2) is 12.1 Å². The molecule has 0 atom stereocenters. The van der Waals surface area contributed by atoms with Crippen LogP contribution in [0.3, 0.4) is 0 Å². The summed E-state index contributed by atoms with van der Waals surface area (Å²) in [6, 6.07) is 1.94. The molecule has 0 aromatic carbocycles. The zero-order valence-corrected chi connectivity index (χ0v) is 7.69. The van der Waals surface area contributed by atoms with Crippen LogP contribution in [-0.2, 0) is 12.8 Å². The van der Waals surface area contributed by atoms with Gasteiger partial charge in [0.15, 0.2) is 0 Å². The lowest BCUT2D eigenvalue weighted by atomic mass is 10.2. The first-order valence-electron chi connectivity index (χ1n) is 4.03. The van der Waals surface area contributed by atoms with E-state index in [-0.39, 0.29) is 0 Å². The molecule has 1 aliphatic rings. The molecule has 1 aromatic heterocycles. The molecule has 0 saturated heterocycles. The average molecular weight is 184 g/mol. The Bertz CT molecular complexity index is 312. The number of fused-ring (bicyclic) bond motifs is 1. The van der Waals surface area contributed by atoms with Gasteiger partial charge in [0.1, 0.15) is 5.15 Å². The van der Waals surface area contributed by atoms with E-state index in [1.807, 2.05) is 6.07 Å². The maximum absolute atomic E-state index is 5.82. The molecule has 0 amide bonds. The summed E-state index contributed by atoms with van der Waals surface area (Å²) in [5, 5.41) is 0.535. The summed E-state index contributed by atoms with van der Waals surface area (Å²) in [7, 11) is 1.64. The third-order valence-electron chi connectivity index (χ3n) is 2.21. The number of hydrogen-bond acceptors (Lipinski definition) is 2. The van der Waals surface area contributed by atoms with Crippen LogP contribution in [0.1, 0.15) is 17.5 Å². The van der Waals surface area contributed by atoms with Crippen molar-refractivity contribution >= 4 is 11.6 Å². The third-order valence-corrected chi connectivity index (χ3v) is 2.41. The van der Waals surface area contributed by atoms with Crippen molar-refractivity contribution in [2.75, 3.05) is 7.11 Å².